The van der Waals surface area contributed by atoms with Gasteiger partial charge in [-0.15, -0.1) is 0 Å². The van der Waals surface area contributed by atoms with Crippen LogP contribution in [-0.2, 0) is 10.2 Å². The van der Waals surface area contributed by atoms with E-state index in [9.17, 15) is 4.79 Å². The van der Waals surface area contributed by atoms with Crippen molar-refractivity contribution >= 4 is 21.9 Å². The molecule has 1 rings (SSSR count). The Bertz CT molecular complexity index is 385. The number of hydrogen-bond acceptors (Lipinski definition) is 2. The molecule has 0 aliphatic heterocycles. The molecule has 82 valence electrons. The van der Waals surface area contributed by atoms with Gasteiger partial charge in [0, 0.05) is 0 Å². The number of aliphatic carboxylic acids is 1. The van der Waals surface area contributed by atoms with Gasteiger partial charge in [0.1, 0.15) is 5.75 Å². The lowest BCUT2D eigenvalue weighted by molar-refractivity contribution is -0.142. The summed E-state index contributed by atoms with van der Waals surface area (Å²) in [6.45, 7) is 3.33. The molecule has 15 heavy (non-hydrogen) atoms. The standard InChI is InChI=1S/C11H13BrO3/c1-11(2,10(13)14)7-4-5-8(12)9(6-7)15-3/h4-6H,1-3H3,(H,13,14). The van der Waals surface area contributed by atoms with Gasteiger partial charge in [0.15, 0.2) is 0 Å². The number of ether oxygens (including phenoxy) is 1. The third kappa shape index (κ3) is 2.31. The first kappa shape index (κ1) is 12.0. The number of methoxy groups -OCH3 is 1. The zero-order valence-corrected chi connectivity index (χ0v) is 10.5. The summed E-state index contributed by atoms with van der Waals surface area (Å²) in [5.74, 6) is -0.214. The summed E-state index contributed by atoms with van der Waals surface area (Å²) in [6, 6.07) is 5.30. The van der Waals surface area contributed by atoms with Crippen molar-refractivity contribution in [3.8, 4) is 5.75 Å². The topological polar surface area (TPSA) is 46.5 Å². The van der Waals surface area contributed by atoms with Crippen LogP contribution in [-0.4, -0.2) is 18.2 Å². The molecular formula is C11H13BrO3. The minimum absolute atomic E-state index is 0.641. The average Bonchev–Trinajstić information content (AvgIpc) is 2.18. The minimum atomic E-state index is -0.909. The summed E-state index contributed by atoms with van der Waals surface area (Å²) in [5.41, 5.74) is -0.191. The van der Waals surface area contributed by atoms with E-state index in [0.717, 1.165) is 10.0 Å². The van der Waals surface area contributed by atoms with Gasteiger partial charge in [-0.25, -0.2) is 0 Å². The number of carbonyl (C=O) groups is 1. The van der Waals surface area contributed by atoms with Gasteiger partial charge in [0.2, 0.25) is 0 Å². The second kappa shape index (κ2) is 4.23. The van der Waals surface area contributed by atoms with Gasteiger partial charge < -0.3 is 9.84 Å². The van der Waals surface area contributed by atoms with Crippen molar-refractivity contribution in [1.82, 2.24) is 0 Å². The molecule has 1 aromatic carbocycles. The predicted octanol–water partition coefficient (Wildman–Crippen LogP) is 2.82. The zero-order valence-electron chi connectivity index (χ0n) is 8.87. The van der Waals surface area contributed by atoms with Crippen molar-refractivity contribution in [1.29, 1.82) is 0 Å². The Morgan fingerprint density at radius 3 is 2.53 bits per heavy atom. The van der Waals surface area contributed by atoms with Crippen LogP contribution in [0.4, 0.5) is 0 Å². The fraction of sp³-hybridized carbons (Fsp3) is 0.364. The highest BCUT2D eigenvalue weighted by atomic mass is 79.9. The van der Waals surface area contributed by atoms with Gasteiger partial charge in [-0.3, -0.25) is 4.79 Å². The summed E-state index contributed by atoms with van der Waals surface area (Å²) in [7, 11) is 1.55. The number of carboxylic acid groups (broad SMARTS) is 1. The van der Waals surface area contributed by atoms with E-state index in [1.165, 1.54) is 0 Å². The fourth-order valence-corrected chi connectivity index (χ4v) is 1.58. The van der Waals surface area contributed by atoms with Gasteiger partial charge in [0.05, 0.1) is 17.0 Å². The second-order valence-electron chi connectivity index (χ2n) is 3.78. The van der Waals surface area contributed by atoms with Gasteiger partial charge in [-0.05, 0) is 47.5 Å². The van der Waals surface area contributed by atoms with Crippen molar-refractivity contribution < 1.29 is 14.6 Å². The van der Waals surface area contributed by atoms with Crippen LogP contribution in [0.3, 0.4) is 0 Å². The lowest BCUT2D eigenvalue weighted by Gasteiger charge is -2.20. The van der Waals surface area contributed by atoms with Crippen LogP contribution in [0.5, 0.6) is 5.75 Å². The summed E-state index contributed by atoms with van der Waals surface area (Å²) in [6.07, 6.45) is 0. The fourth-order valence-electron chi connectivity index (χ4n) is 1.17. The van der Waals surface area contributed by atoms with Crippen LogP contribution in [0, 0.1) is 0 Å². The van der Waals surface area contributed by atoms with Crippen molar-refractivity contribution in [3.63, 3.8) is 0 Å². The van der Waals surface area contributed by atoms with Crippen molar-refractivity contribution in [2.45, 2.75) is 19.3 Å². The van der Waals surface area contributed by atoms with E-state index in [1.54, 1.807) is 39.2 Å². The molecule has 0 fully saturated rings. The summed E-state index contributed by atoms with van der Waals surface area (Å²) < 4.78 is 5.94. The highest BCUT2D eigenvalue weighted by molar-refractivity contribution is 9.10. The quantitative estimate of drug-likeness (QED) is 0.921. The molecule has 0 atom stereocenters. The van der Waals surface area contributed by atoms with Gasteiger partial charge >= 0.3 is 5.97 Å². The number of carboxylic acids is 1. The number of halogens is 1. The molecule has 0 unspecified atom stereocenters. The van der Waals surface area contributed by atoms with E-state index < -0.39 is 11.4 Å². The maximum atomic E-state index is 11.1. The summed E-state index contributed by atoms with van der Waals surface area (Å²) >= 11 is 3.32. The van der Waals surface area contributed by atoms with Crippen molar-refractivity contribution in [2.75, 3.05) is 7.11 Å². The van der Waals surface area contributed by atoms with Gasteiger partial charge in [0.25, 0.3) is 0 Å². The number of rotatable bonds is 3. The van der Waals surface area contributed by atoms with Crippen LogP contribution >= 0.6 is 15.9 Å². The predicted molar refractivity (Wildman–Crippen MR) is 61.4 cm³/mol. The Balaban J connectivity index is 3.22. The molecule has 0 bridgehead atoms. The molecule has 0 spiro atoms. The second-order valence-corrected chi connectivity index (χ2v) is 4.63. The molecule has 0 amide bonds. The first-order valence-corrected chi connectivity index (χ1v) is 5.26. The zero-order chi connectivity index (χ0) is 11.6. The molecule has 0 heterocycles. The normalized spacial score (nSPS) is 11.2. The number of hydrogen-bond donors (Lipinski definition) is 1. The van der Waals surface area contributed by atoms with Crippen LogP contribution in [0.15, 0.2) is 22.7 Å². The Labute approximate surface area is 97.2 Å². The molecule has 0 aromatic heterocycles. The minimum Gasteiger partial charge on any atom is -0.496 e. The molecule has 1 N–H and O–H groups in total. The van der Waals surface area contributed by atoms with Crippen LogP contribution < -0.4 is 4.74 Å². The van der Waals surface area contributed by atoms with Crippen LogP contribution in [0.2, 0.25) is 0 Å². The SMILES string of the molecule is COc1cc(C(C)(C)C(=O)O)ccc1Br. The van der Waals surface area contributed by atoms with E-state index in [0.29, 0.717) is 5.75 Å². The average molecular weight is 273 g/mol. The maximum absolute atomic E-state index is 11.1. The Hall–Kier alpha value is -1.03. The first-order chi connectivity index (χ1) is 6.89. The van der Waals surface area contributed by atoms with Crippen molar-refractivity contribution in [2.24, 2.45) is 0 Å². The van der Waals surface area contributed by atoms with E-state index in [-0.39, 0.29) is 0 Å². The molecular weight excluding hydrogens is 260 g/mol. The summed E-state index contributed by atoms with van der Waals surface area (Å²) in [5, 5.41) is 9.08. The first-order valence-electron chi connectivity index (χ1n) is 4.47. The van der Waals surface area contributed by atoms with E-state index in [4.69, 9.17) is 9.84 Å². The van der Waals surface area contributed by atoms with E-state index in [1.807, 2.05) is 0 Å². The van der Waals surface area contributed by atoms with E-state index in [2.05, 4.69) is 15.9 Å². The number of benzene rings is 1. The monoisotopic (exact) mass is 272 g/mol. The Morgan fingerprint density at radius 1 is 1.47 bits per heavy atom. The molecule has 0 saturated carbocycles. The molecule has 0 saturated heterocycles. The third-order valence-corrected chi connectivity index (χ3v) is 3.06. The van der Waals surface area contributed by atoms with Crippen LogP contribution in [0.1, 0.15) is 19.4 Å². The molecule has 0 radical (unpaired) electrons. The molecule has 3 nitrogen and oxygen atoms in total. The lowest BCUT2D eigenvalue weighted by Crippen LogP contribution is -2.28. The van der Waals surface area contributed by atoms with E-state index >= 15 is 0 Å². The largest absolute Gasteiger partial charge is 0.496 e. The van der Waals surface area contributed by atoms with Crippen molar-refractivity contribution in [3.05, 3.63) is 28.2 Å². The Morgan fingerprint density at radius 2 is 2.07 bits per heavy atom. The van der Waals surface area contributed by atoms with Gasteiger partial charge in [-0.2, -0.15) is 0 Å². The lowest BCUT2D eigenvalue weighted by atomic mass is 9.85. The van der Waals surface area contributed by atoms with Gasteiger partial charge in [-0.1, -0.05) is 6.07 Å². The molecule has 4 heteroatoms. The summed E-state index contributed by atoms with van der Waals surface area (Å²) in [4.78, 5) is 11.1. The molecule has 0 aliphatic carbocycles. The Kier molecular flexibility index (Phi) is 3.39. The highest BCUT2D eigenvalue weighted by Crippen LogP contribution is 2.31. The third-order valence-electron chi connectivity index (χ3n) is 2.41. The molecule has 0 aliphatic rings. The van der Waals surface area contributed by atoms with Crippen LogP contribution in [0.25, 0.3) is 0 Å². The molecule has 1 aromatic rings. The highest BCUT2D eigenvalue weighted by Gasteiger charge is 2.29. The smallest absolute Gasteiger partial charge is 0.313 e. The maximum Gasteiger partial charge on any atom is 0.313 e.